The van der Waals surface area contributed by atoms with E-state index in [-0.39, 0.29) is 0 Å². The molecule has 0 N–H and O–H groups in total. The second-order valence-corrected chi connectivity index (χ2v) is 6.83. The number of halogens is 1. The maximum Gasteiger partial charge on any atom is 0.226 e. The Morgan fingerprint density at radius 1 is 1.04 bits per heavy atom. The van der Waals surface area contributed by atoms with Crippen molar-refractivity contribution in [2.24, 2.45) is 0 Å². The van der Waals surface area contributed by atoms with Crippen LogP contribution in [0, 0.1) is 6.92 Å². The molecule has 0 saturated heterocycles. The van der Waals surface area contributed by atoms with Crippen LogP contribution in [-0.2, 0) is 13.1 Å². The van der Waals surface area contributed by atoms with E-state index in [1.165, 1.54) is 0 Å². The molecular weight excluding hydrogens is 364 g/mol. The van der Waals surface area contributed by atoms with Crippen molar-refractivity contribution in [3.63, 3.8) is 0 Å². The summed E-state index contributed by atoms with van der Waals surface area (Å²) in [6.07, 6.45) is 0. The van der Waals surface area contributed by atoms with Gasteiger partial charge in [-0.25, -0.2) is 4.98 Å². The minimum atomic E-state index is 0.588. The average Bonchev–Trinajstić information content (AvgIpc) is 3.02. The molecule has 0 amide bonds. The highest BCUT2D eigenvalue weighted by atomic mass is 35.5. The second kappa shape index (κ2) is 8.46. The summed E-state index contributed by atoms with van der Waals surface area (Å²) in [5, 5.41) is 0.662. The third-order valence-electron chi connectivity index (χ3n) is 4.28. The van der Waals surface area contributed by atoms with Gasteiger partial charge in [0.2, 0.25) is 5.89 Å². The molecule has 27 heavy (non-hydrogen) atoms. The fourth-order valence-electron chi connectivity index (χ4n) is 2.92. The van der Waals surface area contributed by atoms with E-state index in [1.54, 1.807) is 14.2 Å². The molecule has 3 aromatic rings. The number of benzene rings is 2. The number of ether oxygens (including phenoxy) is 2. The highest BCUT2D eigenvalue weighted by Crippen LogP contribution is 2.28. The van der Waals surface area contributed by atoms with Gasteiger partial charge in [-0.15, -0.1) is 0 Å². The normalized spacial score (nSPS) is 11.0. The van der Waals surface area contributed by atoms with Crippen LogP contribution in [0.4, 0.5) is 0 Å². The predicted octanol–water partition coefficient (Wildman–Crippen LogP) is 4.95. The van der Waals surface area contributed by atoms with E-state index in [2.05, 4.69) is 9.88 Å². The first-order valence-electron chi connectivity index (χ1n) is 8.62. The Bertz CT molecular complexity index is 924. The third kappa shape index (κ3) is 4.62. The number of nitrogens with zero attached hydrogens (tertiary/aromatic N) is 2. The number of rotatable bonds is 7. The molecule has 142 valence electrons. The quantitative estimate of drug-likeness (QED) is 0.574. The highest BCUT2D eigenvalue weighted by molar-refractivity contribution is 6.30. The molecule has 1 heterocycles. The molecule has 0 fully saturated rings. The molecule has 0 aliphatic rings. The van der Waals surface area contributed by atoms with Crippen molar-refractivity contribution < 1.29 is 13.9 Å². The molecule has 0 saturated carbocycles. The smallest absolute Gasteiger partial charge is 0.226 e. The monoisotopic (exact) mass is 386 g/mol. The fraction of sp³-hybridized carbons (Fsp3) is 0.286. The Labute approximate surface area is 164 Å². The minimum absolute atomic E-state index is 0.588. The van der Waals surface area contributed by atoms with Crippen LogP contribution in [-0.4, -0.2) is 31.2 Å². The summed E-state index contributed by atoms with van der Waals surface area (Å²) >= 11 is 6.07. The number of hydrogen-bond donors (Lipinski definition) is 0. The molecule has 2 aromatic carbocycles. The van der Waals surface area contributed by atoms with Gasteiger partial charge in [-0.1, -0.05) is 23.7 Å². The second-order valence-electron chi connectivity index (χ2n) is 6.39. The lowest BCUT2D eigenvalue weighted by molar-refractivity contribution is 0.311. The lowest BCUT2D eigenvalue weighted by Crippen LogP contribution is -2.18. The van der Waals surface area contributed by atoms with Crippen molar-refractivity contribution in [2.75, 3.05) is 21.3 Å². The molecule has 0 bridgehead atoms. The molecule has 5 nitrogen and oxygen atoms in total. The van der Waals surface area contributed by atoms with Crippen molar-refractivity contribution in [1.82, 2.24) is 9.88 Å². The molecular formula is C21H23ClN2O3. The number of oxazole rings is 1. The molecule has 3 rings (SSSR count). The van der Waals surface area contributed by atoms with Crippen molar-refractivity contribution in [3.05, 3.63) is 64.5 Å². The number of aryl methyl sites for hydroxylation is 1. The topological polar surface area (TPSA) is 47.7 Å². The summed E-state index contributed by atoms with van der Waals surface area (Å²) < 4.78 is 16.5. The summed E-state index contributed by atoms with van der Waals surface area (Å²) in [5.41, 5.74) is 2.92. The van der Waals surface area contributed by atoms with Gasteiger partial charge in [0, 0.05) is 23.7 Å². The summed E-state index contributed by atoms with van der Waals surface area (Å²) in [6, 6.07) is 13.4. The van der Waals surface area contributed by atoms with Gasteiger partial charge in [0.25, 0.3) is 0 Å². The van der Waals surface area contributed by atoms with Crippen molar-refractivity contribution in [3.8, 4) is 23.0 Å². The SMILES string of the molecule is COc1ccc(CN(C)Cc2nc(-c3cccc(Cl)c3)oc2C)cc1OC. The van der Waals surface area contributed by atoms with Gasteiger partial charge in [0.05, 0.1) is 19.9 Å². The van der Waals surface area contributed by atoms with Gasteiger partial charge in [-0.3, -0.25) is 4.90 Å². The molecule has 0 radical (unpaired) electrons. The number of hydrogen-bond acceptors (Lipinski definition) is 5. The Morgan fingerprint density at radius 3 is 2.52 bits per heavy atom. The first kappa shape index (κ1) is 19.3. The van der Waals surface area contributed by atoms with Crippen LogP contribution < -0.4 is 9.47 Å². The predicted molar refractivity (Wildman–Crippen MR) is 106 cm³/mol. The van der Waals surface area contributed by atoms with Gasteiger partial charge in [-0.05, 0) is 49.9 Å². The Hall–Kier alpha value is -2.50. The Kier molecular flexibility index (Phi) is 6.04. The lowest BCUT2D eigenvalue weighted by atomic mass is 10.2. The van der Waals surface area contributed by atoms with Gasteiger partial charge in [0.1, 0.15) is 5.76 Å². The number of aromatic nitrogens is 1. The van der Waals surface area contributed by atoms with E-state index < -0.39 is 0 Å². The zero-order valence-corrected chi connectivity index (χ0v) is 16.7. The van der Waals surface area contributed by atoms with E-state index in [4.69, 9.17) is 25.5 Å². The first-order valence-corrected chi connectivity index (χ1v) is 8.99. The van der Waals surface area contributed by atoms with E-state index >= 15 is 0 Å². The highest BCUT2D eigenvalue weighted by Gasteiger charge is 2.14. The largest absolute Gasteiger partial charge is 0.493 e. The van der Waals surface area contributed by atoms with E-state index in [1.807, 2.05) is 56.4 Å². The van der Waals surface area contributed by atoms with E-state index in [9.17, 15) is 0 Å². The summed E-state index contributed by atoms with van der Waals surface area (Å²) in [4.78, 5) is 6.83. The summed E-state index contributed by atoms with van der Waals surface area (Å²) in [6.45, 7) is 3.35. The molecule has 6 heteroatoms. The lowest BCUT2D eigenvalue weighted by Gasteiger charge is -2.17. The van der Waals surface area contributed by atoms with Crippen LogP contribution in [0.3, 0.4) is 0 Å². The molecule has 0 aliphatic heterocycles. The molecule has 1 aromatic heterocycles. The van der Waals surface area contributed by atoms with Crippen LogP contribution in [0.2, 0.25) is 5.02 Å². The average molecular weight is 387 g/mol. The van der Waals surface area contributed by atoms with E-state index in [0.717, 1.165) is 40.6 Å². The molecule has 0 spiro atoms. The first-order chi connectivity index (χ1) is 13.0. The molecule has 0 atom stereocenters. The van der Waals surface area contributed by atoms with Gasteiger partial charge < -0.3 is 13.9 Å². The van der Waals surface area contributed by atoms with Crippen molar-refractivity contribution >= 4 is 11.6 Å². The van der Waals surface area contributed by atoms with E-state index in [0.29, 0.717) is 17.5 Å². The van der Waals surface area contributed by atoms with Gasteiger partial charge in [0.15, 0.2) is 11.5 Å². The third-order valence-corrected chi connectivity index (χ3v) is 4.52. The van der Waals surface area contributed by atoms with Gasteiger partial charge >= 0.3 is 0 Å². The molecule has 0 unspecified atom stereocenters. The summed E-state index contributed by atoms with van der Waals surface area (Å²) in [7, 11) is 5.32. The van der Waals surface area contributed by atoms with Crippen molar-refractivity contribution in [2.45, 2.75) is 20.0 Å². The maximum atomic E-state index is 6.07. The van der Waals surface area contributed by atoms with Crippen LogP contribution in [0.1, 0.15) is 17.0 Å². The zero-order valence-electron chi connectivity index (χ0n) is 16.0. The standard InChI is InChI=1S/C21H23ClN2O3/c1-14-18(23-21(27-14)16-6-5-7-17(22)11-16)13-24(2)12-15-8-9-19(25-3)20(10-15)26-4/h5-11H,12-13H2,1-4H3. The zero-order chi connectivity index (χ0) is 19.4. The van der Waals surface area contributed by atoms with Crippen LogP contribution in [0.5, 0.6) is 11.5 Å². The summed E-state index contributed by atoms with van der Waals surface area (Å²) in [5.74, 6) is 2.85. The van der Waals surface area contributed by atoms with Crippen LogP contribution in [0.25, 0.3) is 11.5 Å². The van der Waals surface area contributed by atoms with Gasteiger partial charge in [-0.2, -0.15) is 0 Å². The van der Waals surface area contributed by atoms with Crippen LogP contribution in [0.15, 0.2) is 46.9 Å². The van der Waals surface area contributed by atoms with Crippen molar-refractivity contribution in [1.29, 1.82) is 0 Å². The Balaban J connectivity index is 1.72. The van der Waals surface area contributed by atoms with Crippen LogP contribution >= 0.6 is 11.6 Å². The number of methoxy groups -OCH3 is 2. The molecule has 0 aliphatic carbocycles. The maximum absolute atomic E-state index is 6.07. The minimum Gasteiger partial charge on any atom is -0.493 e. The Morgan fingerprint density at radius 2 is 1.81 bits per heavy atom. The fourth-order valence-corrected chi connectivity index (χ4v) is 3.11.